The molecule has 1 aromatic heterocycles. The van der Waals surface area contributed by atoms with Gasteiger partial charge < -0.3 is 19.3 Å². The minimum atomic E-state index is 0.517. The molecule has 0 atom stereocenters. The van der Waals surface area contributed by atoms with Crippen LogP contribution in [0.2, 0.25) is 0 Å². The topological polar surface area (TPSA) is 69.4 Å². The summed E-state index contributed by atoms with van der Waals surface area (Å²) in [6.45, 7) is 5.49. The van der Waals surface area contributed by atoms with E-state index in [0.29, 0.717) is 31.4 Å². The zero-order valence-electron chi connectivity index (χ0n) is 12.0. The van der Waals surface area contributed by atoms with Crippen LogP contribution in [0, 0.1) is 6.92 Å². The lowest BCUT2D eigenvalue weighted by Gasteiger charge is -2.13. The third-order valence-corrected chi connectivity index (χ3v) is 2.73. The van der Waals surface area contributed by atoms with Gasteiger partial charge in [-0.3, -0.25) is 0 Å². The van der Waals surface area contributed by atoms with Crippen LogP contribution in [0.1, 0.15) is 24.2 Å². The number of hydrogen-bond acceptors (Lipinski definition) is 6. The van der Waals surface area contributed by atoms with Gasteiger partial charge in [0.1, 0.15) is 0 Å². The van der Waals surface area contributed by atoms with Gasteiger partial charge >= 0.3 is 0 Å². The fourth-order valence-electron chi connectivity index (χ4n) is 1.92. The number of nitrogens with one attached hydrogen (secondary N) is 1. The number of hydrogen-bond donors (Lipinski definition) is 1. The summed E-state index contributed by atoms with van der Waals surface area (Å²) in [5.41, 5.74) is 1.02. The number of para-hydroxylation sites is 1. The Bertz CT molecular complexity index is 554. The van der Waals surface area contributed by atoms with E-state index in [2.05, 4.69) is 15.5 Å². The molecule has 0 spiro atoms. The monoisotopic (exact) mass is 277 g/mol. The van der Waals surface area contributed by atoms with E-state index in [-0.39, 0.29) is 0 Å². The molecule has 1 N–H and O–H groups in total. The van der Waals surface area contributed by atoms with Crippen LogP contribution in [0.3, 0.4) is 0 Å². The standard InChI is InChI=1S/C14H19N3O3/c1-4-19-12-7-5-6-11(14(12)18-3)8-15-9-13-16-10(2)17-20-13/h5-7,15H,4,8-9H2,1-3H3. The molecular weight excluding hydrogens is 258 g/mol. The van der Waals surface area contributed by atoms with Gasteiger partial charge in [-0.15, -0.1) is 0 Å². The summed E-state index contributed by atoms with van der Waals surface area (Å²) in [5.74, 6) is 2.71. The highest BCUT2D eigenvalue weighted by Crippen LogP contribution is 2.30. The molecule has 20 heavy (non-hydrogen) atoms. The van der Waals surface area contributed by atoms with Crippen molar-refractivity contribution >= 4 is 0 Å². The number of rotatable bonds is 7. The average molecular weight is 277 g/mol. The number of benzene rings is 1. The van der Waals surface area contributed by atoms with Gasteiger partial charge in [-0.05, 0) is 19.9 Å². The minimum absolute atomic E-state index is 0.517. The fraction of sp³-hybridized carbons (Fsp3) is 0.429. The van der Waals surface area contributed by atoms with Gasteiger partial charge in [0.2, 0.25) is 5.89 Å². The molecular formula is C14H19N3O3. The highest BCUT2D eigenvalue weighted by atomic mass is 16.5. The third kappa shape index (κ3) is 3.48. The summed E-state index contributed by atoms with van der Waals surface area (Å²) in [7, 11) is 1.64. The number of aromatic nitrogens is 2. The molecule has 0 saturated heterocycles. The van der Waals surface area contributed by atoms with Gasteiger partial charge in [-0.2, -0.15) is 4.98 Å². The lowest BCUT2D eigenvalue weighted by molar-refractivity contribution is 0.308. The number of methoxy groups -OCH3 is 1. The molecule has 0 bridgehead atoms. The Morgan fingerprint density at radius 2 is 2.15 bits per heavy atom. The Morgan fingerprint density at radius 1 is 1.30 bits per heavy atom. The van der Waals surface area contributed by atoms with Crippen molar-refractivity contribution in [2.45, 2.75) is 26.9 Å². The molecule has 0 unspecified atom stereocenters. The predicted molar refractivity (Wildman–Crippen MR) is 73.7 cm³/mol. The first kappa shape index (κ1) is 14.3. The van der Waals surface area contributed by atoms with Crippen LogP contribution < -0.4 is 14.8 Å². The van der Waals surface area contributed by atoms with Crippen LogP contribution in [-0.2, 0) is 13.1 Å². The van der Waals surface area contributed by atoms with Gasteiger partial charge in [0.15, 0.2) is 17.3 Å². The molecule has 6 heteroatoms. The van der Waals surface area contributed by atoms with E-state index in [1.807, 2.05) is 25.1 Å². The Balaban J connectivity index is 1.99. The van der Waals surface area contributed by atoms with E-state index in [4.69, 9.17) is 14.0 Å². The lowest BCUT2D eigenvalue weighted by atomic mass is 10.2. The molecule has 2 rings (SSSR count). The van der Waals surface area contributed by atoms with Gasteiger partial charge in [-0.1, -0.05) is 17.3 Å². The molecule has 0 fully saturated rings. The molecule has 2 aromatic rings. The molecule has 0 aliphatic carbocycles. The fourth-order valence-corrected chi connectivity index (χ4v) is 1.92. The summed E-state index contributed by atoms with van der Waals surface area (Å²) in [4.78, 5) is 4.14. The van der Waals surface area contributed by atoms with Crippen LogP contribution in [0.4, 0.5) is 0 Å². The summed E-state index contributed by atoms with van der Waals surface area (Å²) in [6, 6.07) is 5.84. The second kappa shape index (κ2) is 6.91. The summed E-state index contributed by atoms with van der Waals surface area (Å²) < 4.78 is 16.0. The van der Waals surface area contributed by atoms with E-state index in [1.165, 1.54) is 0 Å². The van der Waals surface area contributed by atoms with E-state index < -0.39 is 0 Å². The van der Waals surface area contributed by atoms with Crippen LogP contribution >= 0.6 is 0 Å². The largest absolute Gasteiger partial charge is 0.493 e. The zero-order valence-corrected chi connectivity index (χ0v) is 12.0. The Labute approximate surface area is 118 Å². The average Bonchev–Trinajstić information content (AvgIpc) is 2.85. The molecule has 0 aliphatic heterocycles. The molecule has 1 heterocycles. The van der Waals surface area contributed by atoms with E-state index in [1.54, 1.807) is 14.0 Å². The van der Waals surface area contributed by atoms with Crippen molar-refractivity contribution in [1.29, 1.82) is 0 Å². The normalized spacial score (nSPS) is 10.6. The summed E-state index contributed by atoms with van der Waals surface area (Å²) >= 11 is 0. The second-order valence-corrected chi connectivity index (χ2v) is 4.22. The van der Waals surface area contributed by atoms with Crippen LogP contribution in [0.25, 0.3) is 0 Å². The summed E-state index contributed by atoms with van der Waals surface area (Å²) in [6.07, 6.45) is 0. The van der Waals surface area contributed by atoms with Gasteiger partial charge in [0.25, 0.3) is 0 Å². The van der Waals surface area contributed by atoms with Gasteiger partial charge in [-0.25, -0.2) is 0 Å². The molecule has 0 radical (unpaired) electrons. The maximum Gasteiger partial charge on any atom is 0.240 e. The maximum absolute atomic E-state index is 5.54. The molecule has 108 valence electrons. The molecule has 0 saturated carbocycles. The number of ether oxygens (including phenoxy) is 2. The minimum Gasteiger partial charge on any atom is -0.493 e. The van der Waals surface area contributed by atoms with Crippen LogP contribution in [-0.4, -0.2) is 23.9 Å². The van der Waals surface area contributed by atoms with Crippen molar-refractivity contribution in [2.24, 2.45) is 0 Å². The van der Waals surface area contributed by atoms with Crippen molar-refractivity contribution in [3.05, 3.63) is 35.5 Å². The van der Waals surface area contributed by atoms with Crippen molar-refractivity contribution in [1.82, 2.24) is 15.5 Å². The zero-order chi connectivity index (χ0) is 14.4. The lowest BCUT2D eigenvalue weighted by Crippen LogP contribution is -2.14. The van der Waals surface area contributed by atoms with Crippen LogP contribution in [0.15, 0.2) is 22.7 Å². The third-order valence-electron chi connectivity index (χ3n) is 2.73. The van der Waals surface area contributed by atoms with Crippen molar-refractivity contribution in [3.63, 3.8) is 0 Å². The van der Waals surface area contributed by atoms with Crippen molar-refractivity contribution in [2.75, 3.05) is 13.7 Å². The van der Waals surface area contributed by atoms with Gasteiger partial charge in [0, 0.05) is 12.1 Å². The molecule has 0 aliphatic rings. The van der Waals surface area contributed by atoms with E-state index in [9.17, 15) is 0 Å². The maximum atomic E-state index is 5.54. The highest BCUT2D eigenvalue weighted by Gasteiger charge is 2.10. The quantitative estimate of drug-likeness (QED) is 0.835. The molecule has 1 aromatic carbocycles. The number of aryl methyl sites for hydroxylation is 1. The van der Waals surface area contributed by atoms with Crippen molar-refractivity contribution in [3.8, 4) is 11.5 Å². The SMILES string of the molecule is CCOc1cccc(CNCc2nc(C)no2)c1OC. The van der Waals surface area contributed by atoms with Crippen molar-refractivity contribution < 1.29 is 14.0 Å². The Hall–Kier alpha value is -2.08. The summed E-state index contributed by atoms with van der Waals surface area (Å²) in [5, 5.41) is 6.99. The van der Waals surface area contributed by atoms with E-state index >= 15 is 0 Å². The first-order chi connectivity index (χ1) is 9.74. The first-order valence-corrected chi connectivity index (χ1v) is 6.53. The number of nitrogens with zero attached hydrogens (tertiary/aromatic N) is 2. The smallest absolute Gasteiger partial charge is 0.240 e. The second-order valence-electron chi connectivity index (χ2n) is 4.22. The molecule has 6 nitrogen and oxygen atoms in total. The van der Waals surface area contributed by atoms with Gasteiger partial charge in [0.05, 0.1) is 20.3 Å². The van der Waals surface area contributed by atoms with E-state index in [0.717, 1.165) is 17.1 Å². The Kier molecular flexibility index (Phi) is 4.95. The van der Waals surface area contributed by atoms with Crippen LogP contribution in [0.5, 0.6) is 11.5 Å². The molecule has 0 amide bonds. The highest BCUT2D eigenvalue weighted by molar-refractivity contribution is 5.46. The predicted octanol–water partition coefficient (Wildman–Crippen LogP) is 2.08. The Morgan fingerprint density at radius 3 is 2.80 bits per heavy atom. The first-order valence-electron chi connectivity index (χ1n) is 6.53.